The highest BCUT2D eigenvalue weighted by molar-refractivity contribution is 5.85. The lowest BCUT2D eigenvalue weighted by Gasteiger charge is -2.48. The van der Waals surface area contributed by atoms with Gasteiger partial charge in [0.2, 0.25) is 0 Å². The maximum absolute atomic E-state index is 12.6. The fourth-order valence-electron chi connectivity index (χ4n) is 4.26. The highest BCUT2D eigenvalue weighted by atomic mass is 16.5. The van der Waals surface area contributed by atoms with Gasteiger partial charge in [-0.05, 0) is 63.0 Å². The third-order valence-electron chi connectivity index (χ3n) is 5.81. The van der Waals surface area contributed by atoms with E-state index in [0.717, 1.165) is 11.1 Å². The van der Waals surface area contributed by atoms with Gasteiger partial charge in [-0.2, -0.15) is 0 Å². The third-order valence-corrected chi connectivity index (χ3v) is 5.81. The number of hydrogen-bond acceptors (Lipinski definition) is 3. The van der Waals surface area contributed by atoms with E-state index in [1.54, 1.807) is 0 Å². The molecular formula is C24H39N2O2. The van der Waals surface area contributed by atoms with Gasteiger partial charge in [-0.1, -0.05) is 47.6 Å². The minimum Gasteiger partial charge on any atom is -0.507 e. The second kappa shape index (κ2) is 7.14. The lowest BCUT2D eigenvalue weighted by atomic mass is 9.78. The number of piperidine rings is 1. The maximum Gasteiger partial charge on any atom is 0.128 e. The Balaban J connectivity index is 2.45. The molecule has 0 unspecified atom stereocenters. The summed E-state index contributed by atoms with van der Waals surface area (Å²) in [6.45, 7) is 20.8. The molecule has 1 heterocycles. The number of phenols is 1. The molecule has 4 nitrogen and oxygen atoms in total. The van der Waals surface area contributed by atoms with Crippen molar-refractivity contribution < 1.29 is 10.3 Å². The summed E-state index contributed by atoms with van der Waals surface area (Å²) in [5.74, 6) is 0.309. The molecular weight excluding hydrogens is 348 g/mol. The zero-order valence-electron chi connectivity index (χ0n) is 19.5. The molecule has 0 amide bonds. The highest BCUT2D eigenvalue weighted by Gasteiger charge is 2.46. The maximum atomic E-state index is 12.6. The van der Waals surface area contributed by atoms with Crippen LogP contribution in [0.4, 0.5) is 0 Å². The number of nitrogens with zero attached hydrogens (tertiary/aromatic N) is 2. The van der Waals surface area contributed by atoms with E-state index in [-0.39, 0.29) is 16.9 Å². The number of hydrogen-bond donors (Lipinski definition) is 1. The summed E-state index contributed by atoms with van der Waals surface area (Å²) in [4.78, 5) is 4.84. The Morgan fingerprint density at radius 1 is 1.00 bits per heavy atom. The fourth-order valence-corrected chi connectivity index (χ4v) is 4.26. The molecule has 1 fully saturated rings. The molecule has 1 N–H and O–H groups in total. The lowest BCUT2D eigenvalue weighted by Crippen LogP contribution is -2.59. The van der Waals surface area contributed by atoms with Crippen LogP contribution in [0.15, 0.2) is 17.1 Å². The number of aliphatic imine (C=N–C) groups is 1. The minimum absolute atomic E-state index is 0.0197. The zero-order valence-corrected chi connectivity index (χ0v) is 19.5. The topological polar surface area (TPSA) is 55.7 Å². The van der Waals surface area contributed by atoms with Crippen molar-refractivity contribution in [3.63, 3.8) is 0 Å². The third kappa shape index (κ3) is 4.77. The molecule has 0 bridgehead atoms. The van der Waals surface area contributed by atoms with Crippen LogP contribution in [0.3, 0.4) is 0 Å². The Kier molecular flexibility index (Phi) is 5.84. The Morgan fingerprint density at radius 2 is 1.50 bits per heavy atom. The largest absolute Gasteiger partial charge is 0.507 e. The molecule has 0 aromatic heterocycles. The van der Waals surface area contributed by atoms with Gasteiger partial charge in [0.05, 0.1) is 6.04 Å². The average molecular weight is 388 g/mol. The van der Waals surface area contributed by atoms with Crippen molar-refractivity contribution in [1.82, 2.24) is 5.06 Å². The molecule has 1 radical (unpaired) electrons. The van der Waals surface area contributed by atoms with Crippen molar-refractivity contribution in [3.8, 4) is 5.75 Å². The van der Waals surface area contributed by atoms with Crippen LogP contribution in [-0.2, 0) is 16.0 Å². The monoisotopic (exact) mass is 387 g/mol. The number of aromatic hydroxyl groups is 1. The van der Waals surface area contributed by atoms with Crippen LogP contribution in [-0.4, -0.2) is 33.5 Å². The van der Waals surface area contributed by atoms with Crippen LogP contribution >= 0.6 is 0 Å². The standard InChI is InChI=1S/C24H39N2O2/c1-21(2,3)17-11-16(20(27)19(12-17)22(4,5)6)15-25-18-13-23(7,8)26(28)24(9,10)14-18/h11-12,15,18,27H,13-14H2,1-10H3. The molecule has 1 aliphatic rings. The van der Waals surface area contributed by atoms with Crippen LogP contribution < -0.4 is 0 Å². The van der Waals surface area contributed by atoms with E-state index in [2.05, 4.69) is 47.6 Å². The first kappa shape index (κ1) is 22.9. The average Bonchev–Trinajstić information content (AvgIpc) is 2.48. The summed E-state index contributed by atoms with van der Waals surface area (Å²) < 4.78 is 0. The predicted octanol–water partition coefficient (Wildman–Crippen LogP) is 5.77. The molecule has 0 spiro atoms. The van der Waals surface area contributed by atoms with Crippen LogP contribution in [0, 0.1) is 0 Å². The molecule has 1 aromatic rings. The van der Waals surface area contributed by atoms with E-state index in [1.807, 2.05) is 40.0 Å². The van der Waals surface area contributed by atoms with Crippen molar-refractivity contribution in [1.29, 1.82) is 0 Å². The van der Waals surface area contributed by atoms with E-state index < -0.39 is 11.1 Å². The summed E-state index contributed by atoms with van der Waals surface area (Å²) in [6.07, 6.45) is 3.24. The van der Waals surface area contributed by atoms with Crippen LogP contribution in [0.1, 0.15) is 98.8 Å². The van der Waals surface area contributed by atoms with E-state index in [1.165, 1.54) is 10.6 Å². The van der Waals surface area contributed by atoms with E-state index in [0.29, 0.717) is 18.6 Å². The fraction of sp³-hybridized carbons (Fsp3) is 0.708. The van der Waals surface area contributed by atoms with Gasteiger partial charge in [-0.15, -0.1) is 10.3 Å². The molecule has 1 aliphatic heterocycles. The normalized spacial score (nSPS) is 21.4. The second-order valence-electron chi connectivity index (χ2n) is 11.7. The van der Waals surface area contributed by atoms with Gasteiger partial charge in [-0.25, -0.2) is 0 Å². The summed E-state index contributed by atoms with van der Waals surface area (Å²) in [5, 5.41) is 24.7. The molecule has 0 saturated carbocycles. The summed E-state index contributed by atoms with van der Waals surface area (Å²) >= 11 is 0. The zero-order chi connectivity index (χ0) is 21.7. The SMILES string of the molecule is CC(C)(C)c1cc(C=NC2CC(C)(C)N([O])C(C)(C)C2)c(O)c(C(C)(C)C)c1. The molecule has 157 valence electrons. The Labute approximate surface area is 171 Å². The number of rotatable bonds is 2. The van der Waals surface area contributed by atoms with Gasteiger partial charge in [0.1, 0.15) is 5.75 Å². The molecule has 0 aliphatic carbocycles. The van der Waals surface area contributed by atoms with Crippen molar-refractivity contribution in [2.75, 3.05) is 0 Å². The van der Waals surface area contributed by atoms with Crippen LogP contribution in [0.5, 0.6) is 5.75 Å². The number of hydroxylamine groups is 2. The lowest BCUT2D eigenvalue weighted by molar-refractivity contribution is -0.288. The van der Waals surface area contributed by atoms with Gasteiger partial charge in [0.25, 0.3) is 0 Å². The van der Waals surface area contributed by atoms with Gasteiger partial charge in [0, 0.05) is 28.4 Å². The second-order valence-corrected chi connectivity index (χ2v) is 11.7. The van der Waals surface area contributed by atoms with Crippen molar-refractivity contribution in [2.45, 2.75) is 110 Å². The van der Waals surface area contributed by atoms with E-state index in [9.17, 15) is 10.3 Å². The van der Waals surface area contributed by atoms with E-state index in [4.69, 9.17) is 4.99 Å². The number of benzene rings is 1. The first-order chi connectivity index (χ1) is 12.4. The van der Waals surface area contributed by atoms with Crippen LogP contribution in [0.25, 0.3) is 0 Å². The van der Waals surface area contributed by atoms with Gasteiger partial charge in [-0.3, -0.25) is 4.99 Å². The Morgan fingerprint density at radius 3 is 1.93 bits per heavy atom. The number of phenolic OH excluding ortho intramolecular Hbond substituents is 1. The molecule has 1 saturated heterocycles. The Bertz CT molecular complexity index is 731. The molecule has 28 heavy (non-hydrogen) atoms. The summed E-state index contributed by atoms with van der Waals surface area (Å²) in [6, 6.07) is 4.23. The molecule has 0 atom stereocenters. The van der Waals surface area contributed by atoms with E-state index >= 15 is 0 Å². The summed E-state index contributed by atoms with van der Waals surface area (Å²) in [5.41, 5.74) is 1.81. The molecule has 4 heteroatoms. The quantitative estimate of drug-likeness (QED) is 0.655. The Hall–Kier alpha value is -1.39. The van der Waals surface area contributed by atoms with Gasteiger partial charge < -0.3 is 5.11 Å². The highest BCUT2D eigenvalue weighted by Crippen LogP contribution is 2.39. The minimum atomic E-state index is -0.449. The first-order valence-electron chi connectivity index (χ1n) is 10.3. The predicted molar refractivity (Wildman–Crippen MR) is 117 cm³/mol. The first-order valence-corrected chi connectivity index (χ1v) is 10.3. The van der Waals surface area contributed by atoms with Crippen molar-refractivity contribution >= 4 is 6.21 Å². The van der Waals surface area contributed by atoms with Gasteiger partial charge >= 0.3 is 0 Å². The smallest absolute Gasteiger partial charge is 0.128 e. The van der Waals surface area contributed by atoms with Crippen molar-refractivity contribution in [2.24, 2.45) is 4.99 Å². The molecule has 1 aromatic carbocycles. The van der Waals surface area contributed by atoms with Crippen LogP contribution in [0.2, 0.25) is 0 Å². The van der Waals surface area contributed by atoms with Gasteiger partial charge in [0.15, 0.2) is 0 Å². The summed E-state index contributed by atoms with van der Waals surface area (Å²) in [7, 11) is 0. The molecule has 2 rings (SSSR count). The van der Waals surface area contributed by atoms with Crippen molar-refractivity contribution in [3.05, 3.63) is 28.8 Å².